The van der Waals surface area contributed by atoms with Crippen LogP contribution >= 0.6 is 0 Å². The maximum Gasteiger partial charge on any atom is 0.272 e. The van der Waals surface area contributed by atoms with E-state index in [1.165, 1.54) is 0 Å². The molecule has 6 amide bonds. The van der Waals surface area contributed by atoms with Crippen LogP contribution in [-0.2, 0) is 39.4 Å². The number of carbonyl (C=O) groups is 6. The van der Waals surface area contributed by atoms with E-state index in [1.54, 1.807) is 114 Å². The normalized spacial score (nSPS) is 11.3. The highest BCUT2D eigenvalue weighted by Crippen LogP contribution is 2.22. The van der Waals surface area contributed by atoms with Crippen molar-refractivity contribution in [3.63, 3.8) is 0 Å². The van der Waals surface area contributed by atoms with E-state index in [0.717, 1.165) is 31.3 Å². The fraction of sp³-hybridized carbons (Fsp3) is 0.333. The Labute approximate surface area is 371 Å². The Balaban J connectivity index is 1.01. The smallest absolute Gasteiger partial charge is 0.272 e. The molecule has 0 aliphatic rings. The first kappa shape index (κ1) is 46.1. The van der Waals surface area contributed by atoms with Gasteiger partial charge >= 0.3 is 0 Å². The van der Waals surface area contributed by atoms with Crippen molar-refractivity contribution in [1.29, 1.82) is 0 Å². The topological polar surface area (TPSA) is 217 Å². The fourth-order valence-electron chi connectivity index (χ4n) is 7.20. The van der Waals surface area contributed by atoms with Crippen LogP contribution in [0.1, 0.15) is 70.8 Å². The van der Waals surface area contributed by atoms with Crippen molar-refractivity contribution in [1.82, 2.24) is 43.7 Å². The average Bonchev–Trinajstić information content (AvgIpc) is 4.06. The fourth-order valence-corrected chi connectivity index (χ4v) is 7.20. The zero-order valence-electron chi connectivity index (χ0n) is 37.5. The van der Waals surface area contributed by atoms with Crippen LogP contribution in [0.5, 0.6) is 0 Å². The highest BCUT2D eigenvalue weighted by Gasteiger charge is 2.20. The van der Waals surface area contributed by atoms with E-state index in [4.69, 9.17) is 0 Å². The number of hydrogen-bond donors (Lipinski definition) is 7. The number of amides is 6. The van der Waals surface area contributed by atoms with E-state index in [-0.39, 0.29) is 29.8 Å². The van der Waals surface area contributed by atoms with Gasteiger partial charge in [-0.05, 0) is 96.1 Å². The third-order valence-electron chi connectivity index (χ3n) is 10.4. The number of carbonyl (C=O) groups excluding carboxylic acids is 6. The number of rotatable bonds is 19. The first-order valence-electron chi connectivity index (χ1n) is 20.8. The van der Waals surface area contributed by atoms with Crippen LogP contribution in [0.3, 0.4) is 0 Å². The van der Waals surface area contributed by atoms with Crippen molar-refractivity contribution in [2.45, 2.75) is 19.3 Å². The summed E-state index contributed by atoms with van der Waals surface area (Å²) in [5.74, 6) is -2.03. The molecule has 6 aromatic rings. The van der Waals surface area contributed by atoms with Crippen LogP contribution in [-0.4, -0.2) is 123 Å². The van der Waals surface area contributed by atoms with Crippen molar-refractivity contribution < 1.29 is 28.8 Å². The second kappa shape index (κ2) is 20.2. The molecular weight excluding hydrogens is 819 g/mol. The number of aryl methyl sites for hydroxylation is 4. The summed E-state index contributed by atoms with van der Waals surface area (Å²) in [6.07, 6.45) is 8.24. The molecule has 19 heteroatoms. The molecule has 0 spiro atoms. The highest BCUT2D eigenvalue weighted by molar-refractivity contribution is 6.09. The monoisotopic (exact) mass is 875 g/mol. The Morgan fingerprint density at radius 2 is 0.922 bits per heavy atom. The van der Waals surface area contributed by atoms with E-state index in [2.05, 4.69) is 36.9 Å². The van der Waals surface area contributed by atoms with Crippen LogP contribution < -0.4 is 31.9 Å². The average molecular weight is 876 g/mol. The van der Waals surface area contributed by atoms with Crippen LogP contribution in [0.15, 0.2) is 73.3 Å². The molecule has 0 aliphatic carbocycles. The summed E-state index contributed by atoms with van der Waals surface area (Å²) in [5, 5.41) is 17.9. The van der Waals surface area contributed by atoms with Crippen molar-refractivity contribution in [2.75, 3.05) is 75.6 Å². The van der Waals surface area contributed by atoms with Crippen molar-refractivity contribution in [3.8, 4) is 0 Å². The van der Waals surface area contributed by atoms with Crippen LogP contribution in [0.25, 0.3) is 10.9 Å². The molecule has 0 radical (unpaired) electrons. The third-order valence-corrected chi connectivity index (χ3v) is 10.4. The molecule has 0 saturated carbocycles. The molecule has 0 aliphatic heterocycles. The molecule has 64 heavy (non-hydrogen) atoms. The number of nitrogens with zero attached hydrogens (tertiary/aromatic N) is 6. The van der Waals surface area contributed by atoms with Crippen molar-refractivity contribution >= 4 is 69.1 Å². The van der Waals surface area contributed by atoms with E-state index < -0.39 is 17.7 Å². The first-order chi connectivity index (χ1) is 30.4. The van der Waals surface area contributed by atoms with Gasteiger partial charge in [-0.1, -0.05) is 12.1 Å². The standard InChI is InChI=1S/C45H57N13O6/c1-53(2)15-9-13-46-42(61)36-21-32(26-55(36)5)50-44(63)38-20-30(24-57(38)7)48-40(59)18-28-11-12-29-19-35(52-34(29)17-28)41(60)49-31-23-39(58(8)25-31)45(64)51-33-22-37(56(6)27-33)43(62)47-14-10-16-54(3)4/h11-12,17,19-27,52H,9-10,13-16,18H2,1-8H3,(H,46,61)(H,47,62)(H,48,59)(H,49,60)(H,50,63)(H,51,64). The van der Waals surface area contributed by atoms with Gasteiger partial charge in [0, 0.05) is 77.0 Å². The molecule has 0 fully saturated rings. The molecule has 0 saturated heterocycles. The van der Waals surface area contributed by atoms with Gasteiger partial charge in [-0.2, -0.15) is 0 Å². The zero-order chi connectivity index (χ0) is 46.2. The Morgan fingerprint density at radius 1 is 0.516 bits per heavy atom. The van der Waals surface area contributed by atoms with Crippen LogP contribution in [0.2, 0.25) is 0 Å². The molecule has 1 aromatic carbocycles. The van der Waals surface area contributed by atoms with E-state index in [1.807, 2.05) is 44.1 Å². The van der Waals surface area contributed by atoms with E-state index in [0.29, 0.717) is 69.7 Å². The number of fused-ring (bicyclic) bond motifs is 1. The molecule has 338 valence electrons. The number of benzene rings is 1. The summed E-state index contributed by atoms with van der Waals surface area (Å²) in [5.41, 5.74) is 4.80. The maximum atomic E-state index is 13.3. The molecule has 0 atom stereocenters. The minimum atomic E-state index is -0.425. The molecule has 0 bridgehead atoms. The largest absolute Gasteiger partial charge is 0.351 e. The molecule has 7 N–H and O–H groups in total. The predicted molar refractivity (Wildman–Crippen MR) is 247 cm³/mol. The van der Waals surface area contributed by atoms with Crippen molar-refractivity contribution in [3.05, 3.63) is 107 Å². The lowest BCUT2D eigenvalue weighted by Gasteiger charge is -2.10. The van der Waals surface area contributed by atoms with Crippen molar-refractivity contribution in [2.24, 2.45) is 28.2 Å². The number of aromatic nitrogens is 5. The van der Waals surface area contributed by atoms with Gasteiger partial charge in [0.2, 0.25) is 5.91 Å². The SMILES string of the molecule is CN(C)CCCNC(=O)c1cc(NC(=O)c2cc(NC(=O)Cc3ccc4cc(C(=O)Nc5cc(C(=O)Nc6cc(C(=O)NCCCN(C)C)n(C)c6)n(C)c5)[nH]c4c3)cn2C)cn1C. The Morgan fingerprint density at radius 3 is 1.36 bits per heavy atom. The number of hydrogen-bond acceptors (Lipinski definition) is 8. The van der Waals surface area contributed by atoms with E-state index in [9.17, 15) is 28.8 Å². The molecule has 0 unspecified atom stereocenters. The predicted octanol–water partition coefficient (Wildman–Crippen LogP) is 3.82. The van der Waals surface area contributed by atoms with Gasteiger partial charge in [0.15, 0.2) is 0 Å². The molecule has 19 nitrogen and oxygen atoms in total. The summed E-state index contributed by atoms with van der Waals surface area (Å²) < 4.78 is 6.50. The van der Waals surface area contributed by atoms with E-state index >= 15 is 0 Å². The maximum absolute atomic E-state index is 13.3. The number of H-pyrrole nitrogens is 1. The second-order valence-corrected chi connectivity index (χ2v) is 16.4. The molecule has 5 heterocycles. The Bertz CT molecular complexity index is 2690. The van der Waals surface area contributed by atoms with Gasteiger partial charge in [0.25, 0.3) is 29.5 Å². The van der Waals surface area contributed by atoms with Gasteiger partial charge < -0.3 is 65.0 Å². The zero-order valence-corrected chi connectivity index (χ0v) is 37.5. The van der Waals surface area contributed by atoms with Crippen LogP contribution in [0, 0.1) is 0 Å². The van der Waals surface area contributed by atoms with Gasteiger partial charge in [-0.25, -0.2) is 0 Å². The van der Waals surface area contributed by atoms with Gasteiger partial charge in [0.1, 0.15) is 28.5 Å². The summed E-state index contributed by atoms with van der Waals surface area (Å²) in [6.45, 7) is 2.77. The van der Waals surface area contributed by atoms with Gasteiger partial charge in [-0.3, -0.25) is 28.8 Å². The Hall–Kier alpha value is -7.38. The van der Waals surface area contributed by atoms with Crippen LogP contribution in [0.4, 0.5) is 22.7 Å². The summed E-state index contributed by atoms with van der Waals surface area (Å²) in [7, 11) is 14.7. The van der Waals surface area contributed by atoms with Gasteiger partial charge in [-0.15, -0.1) is 0 Å². The third kappa shape index (κ3) is 11.7. The lowest BCUT2D eigenvalue weighted by molar-refractivity contribution is -0.115. The van der Waals surface area contributed by atoms with Gasteiger partial charge in [0.05, 0.1) is 29.2 Å². The Kier molecular flexibility index (Phi) is 14.6. The first-order valence-corrected chi connectivity index (χ1v) is 20.8. The highest BCUT2D eigenvalue weighted by atomic mass is 16.2. The minimum Gasteiger partial charge on any atom is -0.351 e. The lowest BCUT2D eigenvalue weighted by Crippen LogP contribution is -2.28. The molecule has 6 rings (SSSR count). The lowest BCUT2D eigenvalue weighted by atomic mass is 10.1. The molecular formula is C45H57N13O6. The summed E-state index contributed by atoms with van der Waals surface area (Å²) in [6, 6.07) is 13.5. The quantitative estimate of drug-likeness (QED) is 0.0593. The number of anilines is 4. The summed E-state index contributed by atoms with van der Waals surface area (Å²) >= 11 is 0. The number of aromatic amines is 1. The number of nitrogens with one attached hydrogen (secondary N) is 7. The summed E-state index contributed by atoms with van der Waals surface area (Å²) in [4.78, 5) is 85.6. The minimum absolute atomic E-state index is 0.0281. The second-order valence-electron chi connectivity index (χ2n) is 16.4. The molecule has 5 aromatic heterocycles.